The molecule has 2 saturated heterocycles. The lowest BCUT2D eigenvalue weighted by Crippen LogP contribution is -2.66. The highest BCUT2D eigenvalue weighted by Gasteiger charge is 2.73. The Hall–Kier alpha value is 0.0169. The predicted octanol–water partition coefficient (Wildman–Crippen LogP) is 4.06. The maximum atomic E-state index is 6.84. The fourth-order valence-corrected chi connectivity index (χ4v) is 5.33. The minimum absolute atomic E-state index is 0.0925. The molecular weight excluding hydrogens is 346 g/mol. The lowest BCUT2D eigenvalue weighted by molar-refractivity contribution is -0.191. The number of unbranched alkanes of at least 4 members (excludes halogenated alkanes) is 1. The van der Waals surface area contributed by atoms with Gasteiger partial charge in [0.2, 0.25) is 0 Å². The Bertz CT molecular complexity index is 505. The van der Waals surface area contributed by atoms with Gasteiger partial charge in [-0.2, -0.15) is 0 Å². The van der Waals surface area contributed by atoms with Gasteiger partial charge in [0, 0.05) is 13.0 Å². The van der Waals surface area contributed by atoms with E-state index >= 15 is 0 Å². The van der Waals surface area contributed by atoms with Crippen molar-refractivity contribution >= 4 is 8.32 Å². The molecule has 2 fully saturated rings. The van der Waals surface area contributed by atoms with Crippen LogP contribution in [0.2, 0.25) is 18.1 Å². The van der Waals surface area contributed by atoms with Crippen molar-refractivity contribution in [2.45, 2.75) is 102 Å². The molecule has 0 radical (unpaired) electrons. The molecule has 0 saturated carbocycles. The number of methoxy groups -OCH3 is 1. The molecule has 0 aromatic carbocycles. The van der Waals surface area contributed by atoms with Crippen molar-refractivity contribution in [3.8, 4) is 0 Å². The van der Waals surface area contributed by atoms with Crippen LogP contribution >= 0.6 is 0 Å². The van der Waals surface area contributed by atoms with Gasteiger partial charge in [0.05, 0.1) is 18.8 Å². The Labute approximate surface area is 161 Å². The topological polar surface area (TPSA) is 62.9 Å². The second-order valence-electron chi connectivity index (χ2n) is 10.1. The number of hydrogen-bond acceptors (Lipinski definition) is 5. The van der Waals surface area contributed by atoms with Crippen LogP contribution in [0.5, 0.6) is 0 Å². The van der Waals surface area contributed by atoms with Crippen molar-refractivity contribution in [2.75, 3.05) is 20.3 Å². The van der Waals surface area contributed by atoms with Crippen molar-refractivity contribution in [3.05, 3.63) is 0 Å². The molecule has 5 nitrogen and oxygen atoms in total. The monoisotopic (exact) mass is 387 g/mol. The van der Waals surface area contributed by atoms with Crippen LogP contribution in [0.3, 0.4) is 0 Å². The van der Waals surface area contributed by atoms with E-state index in [1.807, 2.05) is 0 Å². The smallest absolute Gasteiger partial charge is 0.192 e. The summed E-state index contributed by atoms with van der Waals surface area (Å²) in [4.78, 5) is 0. The lowest BCUT2D eigenvalue weighted by Gasteiger charge is -2.45. The average molecular weight is 388 g/mol. The molecule has 0 aromatic rings. The van der Waals surface area contributed by atoms with Crippen LogP contribution in [0.4, 0.5) is 0 Å². The highest BCUT2D eigenvalue weighted by Crippen LogP contribution is 2.56. The quantitative estimate of drug-likeness (QED) is 0.667. The standard InChI is InChI=1S/C20H41NO4Si/c1-10-11-12-19(21)20(22-7)15(13-23-19)18(5,6)25-16(20)14-24-26(8,9)17(2,3)4/h15-16H,10-14,21H2,1-9H3/t15-,16?,19-,20+/m1/s1. The largest absolute Gasteiger partial charge is 0.414 e. The molecule has 2 aliphatic rings. The molecule has 0 amide bonds. The molecule has 0 spiro atoms. The fourth-order valence-electron chi connectivity index (χ4n) is 4.33. The van der Waals surface area contributed by atoms with Crippen LogP contribution in [0.1, 0.15) is 60.8 Å². The van der Waals surface area contributed by atoms with Gasteiger partial charge in [0.1, 0.15) is 17.4 Å². The van der Waals surface area contributed by atoms with E-state index < -0.39 is 19.6 Å². The van der Waals surface area contributed by atoms with Crippen LogP contribution in [-0.4, -0.2) is 51.7 Å². The maximum absolute atomic E-state index is 6.84. The molecule has 0 aromatic heterocycles. The molecule has 154 valence electrons. The molecule has 0 bridgehead atoms. The summed E-state index contributed by atoms with van der Waals surface area (Å²) in [6, 6.07) is 0. The van der Waals surface area contributed by atoms with Crippen molar-refractivity contribution in [1.82, 2.24) is 0 Å². The third kappa shape index (κ3) is 3.42. The third-order valence-corrected chi connectivity index (χ3v) is 11.6. The highest BCUT2D eigenvalue weighted by atomic mass is 28.4. The number of rotatable bonds is 7. The summed E-state index contributed by atoms with van der Waals surface area (Å²) in [7, 11) is -0.148. The van der Waals surface area contributed by atoms with Gasteiger partial charge in [-0.15, -0.1) is 0 Å². The molecule has 2 rings (SSSR count). The zero-order valence-corrected chi connectivity index (χ0v) is 19.4. The first-order valence-electron chi connectivity index (χ1n) is 10.1. The van der Waals surface area contributed by atoms with Gasteiger partial charge in [-0.25, -0.2) is 0 Å². The number of ether oxygens (including phenoxy) is 3. The Morgan fingerprint density at radius 3 is 2.35 bits per heavy atom. The van der Waals surface area contributed by atoms with Crippen LogP contribution < -0.4 is 5.73 Å². The van der Waals surface area contributed by atoms with Crippen molar-refractivity contribution < 1.29 is 18.6 Å². The van der Waals surface area contributed by atoms with Gasteiger partial charge < -0.3 is 24.4 Å². The Kier molecular flexibility index (Phi) is 6.11. The second-order valence-corrected chi connectivity index (χ2v) is 14.9. The molecule has 0 aliphatic carbocycles. The summed E-state index contributed by atoms with van der Waals surface area (Å²) in [6.45, 7) is 18.8. The van der Waals surface area contributed by atoms with Crippen molar-refractivity contribution in [1.29, 1.82) is 0 Å². The first kappa shape index (κ1) is 22.3. The van der Waals surface area contributed by atoms with E-state index in [2.05, 4.69) is 54.6 Å². The minimum atomic E-state index is -1.90. The van der Waals surface area contributed by atoms with E-state index in [0.717, 1.165) is 19.3 Å². The minimum Gasteiger partial charge on any atom is -0.414 e. The molecule has 2 heterocycles. The second kappa shape index (κ2) is 7.12. The number of fused-ring (bicyclic) bond motifs is 1. The zero-order chi connectivity index (χ0) is 20.0. The van der Waals surface area contributed by atoms with Crippen LogP contribution in [0.15, 0.2) is 0 Å². The van der Waals surface area contributed by atoms with E-state index in [-0.39, 0.29) is 22.7 Å². The summed E-state index contributed by atoms with van der Waals surface area (Å²) < 4.78 is 25.4. The van der Waals surface area contributed by atoms with Crippen molar-refractivity contribution in [2.24, 2.45) is 11.7 Å². The van der Waals surface area contributed by atoms with Crippen LogP contribution in [0.25, 0.3) is 0 Å². The van der Waals surface area contributed by atoms with E-state index in [1.54, 1.807) is 7.11 Å². The Morgan fingerprint density at radius 1 is 1.23 bits per heavy atom. The Morgan fingerprint density at radius 2 is 1.85 bits per heavy atom. The molecule has 26 heavy (non-hydrogen) atoms. The predicted molar refractivity (Wildman–Crippen MR) is 108 cm³/mol. The number of hydrogen-bond donors (Lipinski definition) is 1. The molecule has 4 atom stereocenters. The summed E-state index contributed by atoms with van der Waals surface area (Å²) in [5.41, 5.74) is 4.98. The van der Waals surface area contributed by atoms with Gasteiger partial charge in [-0.05, 0) is 44.8 Å². The van der Waals surface area contributed by atoms with E-state index in [9.17, 15) is 0 Å². The molecule has 2 aliphatic heterocycles. The first-order valence-corrected chi connectivity index (χ1v) is 13.0. The first-order chi connectivity index (χ1) is 11.8. The van der Waals surface area contributed by atoms with Crippen LogP contribution in [0, 0.1) is 5.92 Å². The summed E-state index contributed by atoms with van der Waals surface area (Å²) in [6.07, 6.45) is 2.61. The summed E-state index contributed by atoms with van der Waals surface area (Å²) >= 11 is 0. The molecule has 1 unspecified atom stereocenters. The summed E-state index contributed by atoms with van der Waals surface area (Å²) in [5.74, 6) is 0.0925. The fraction of sp³-hybridized carbons (Fsp3) is 1.00. The normalized spacial score (nSPS) is 37.2. The zero-order valence-electron chi connectivity index (χ0n) is 18.4. The highest BCUT2D eigenvalue weighted by molar-refractivity contribution is 6.74. The molecular formula is C20H41NO4Si. The molecule has 6 heteroatoms. The van der Waals surface area contributed by atoms with E-state index in [4.69, 9.17) is 24.4 Å². The average Bonchev–Trinajstić information content (AvgIpc) is 2.94. The van der Waals surface area contributed by atoms with Gasteiger partial charge in [0.25, 0.3) is 0 Å². The van der Waals surface area contributed by atoms with Gasteiger partial charge in [0.15, 0.2) is 8.32 Å². The Balaban J connectivity index is 2.33. The molecule has 2 N–H and O–H groups in total. The van der Waals surface area contributed by atoms with Crippen LogP contribution in [-0.2, 0) is 18.6 Å². The summed E-state index contributed by atoms with van der Waals surface area (Å²) in [5, 5.41) is 0.148. The number of nitrogens with two attached hydrogens (primary N) is 1. The van der Waals surface area contributed by atoms with E-state index in [1.165, 1.54) is 0 Å². The van der Waals surface area contributed by atoms with Crippen molar-refractivity contribution in [3.63, 3.8) is 0 Å². The van der Waals surface area contributed by atoms with Gasteiger partial charge in [-0.3, -0.25) is 0 Å². The SMILES string of the molecule is CCCC[C@@]1(N)OC[C@@H]2C(C)(C)OC(CO[Si](C)(C)C(C)(C)C)[C@@]21OC. The maximum Gasteiger partial charge on any atom is 0.192 e. The van der Waals surface area contributed by atoms with Gasteiger partial charge >= 0.3 is 0 Å². The van der Waals surface area contributed by atoms with E-state index in [0.29, 0.717) is 13.2 Å². The van der Waals surface area contributed by atoms with Gasteiger partial charge in [-0.1, -0.05) is 34.1 Å². The lowest BCUT2D eigenvalue weighted by atomic mass is 9.72. The third-order valence-electron chi connectivity index (χ3n) is 7.09.